The maximum Gasteiger partial charge on any atom is 0.416 e. The van der Waals surface area contributed by atoms with E-state index >= 15 is 0 Å². The summed E-state index contributed by atoms with van der Waals surface area (Å²) >= 11 is 4.35. The second-order valence-corrected chi connectivity index (χ2v) is 5.62. The van der Waals surface area contributed by atoms with Crippen molar-refractivity contribution in [1.82, 2.24) is 10.2 Å². The van der Waals surface area contributed by atoms with Crippen LogP contribution in [0.2, 0.25) is 0 Å². The highest BCUT2D eigenvalue weighted by atomic mass is 79.9. The third-order valence-electron chi connectivity index (χ3n) is 2.15. The highest BCUT2D eigenvalue weighted by Crippen LogP contribution is 2.32. The second kappa shape index (κ2) is 5.23. The van der Waals surface area contributed by atoms with Crippen molar-refractivity contribution in [3.63, 3.8) is 0 Å². The molecule has 2 rings (SSSR count). The first-order chi connectivity index (χ1) is 8.47. The maximum absolute atomic E-state index is 12.7. The number of hydrogen-bond donors (Lipinski definition) is 1. The lowest BCUT2D eigenvalue weighted by Crippen LogP contribution is -2.11. The van der Waals surface area contributed by atoms with Crippen molar-refractivity contribution >= 4 is 32.4 Å². The van der Waals surface area contributed by atoms with Gasteiger partial charge in [-0.05, 0) is 27.6 Å². The number of rotatable bonds is 3. The fourth-order valence-corrected chi connectivity index (χ4v) is 2.41. The van der Waals surface area contributed by atoms with E-state index in [-0.39, 0.29) is 12.1 Å². The van der Waals surface area contributed by atoms with Crippen LogP contribution in [-0.4, -0.2) is 10.2 Å². The molecule has 18 heavy (non-hydrogen) atoms. The number of nitrogens with one attached hydrogen (secondary N) is 1. The minimum absolute atomic E-state index is 0.0529. The zero-order valence-electron chi connectivity index (χ0n) is 8.83. The molecular weight excluding hydrogens is 331 g/mol. The average molecular weight is 338 g/mol. The van der Waals surface area contributed by atoms with Gasteiger partial charge in [0.1, 0.15) is 0 Å². The lowest BCUT2D eigenvalue weighted by atomic mass is 10.1. The van der Waals surface area contributed by atoms with Gasteiger partial charge in [0.15, 0.2) is 3.92 Å². The Kier molecular flexibility index (Phi) is 3.86. The smallest absolute Gasteiger partial charge is 0.356 e. The molecule has 1 aromatic carbocycles. The molecule has 0 atom stereocenters. The molecular formula is C10H7BrF3N3S. The molecule has 1 aromatic heterocycles. The Morgan fingerprint density at radius 1 is 1.22 bits per heavy atom. The SMILES string of the molecule is FC(F)(F)c1ccccc1CNc1nnc(Br)s1. The molecule has 3 nitrogen and oxygen atoms in total. The third-order valence-corrected chi connectivity index (χ3v) is 3.47. The first-order valence-electron chi connectivity index (χ1n) is 4.85. The monoisotopic (exact) mass is 337 g/mol. The van der Waals surface area contributed by atoms with E-state index in [1.54, 1.807) is 6.07 Å². The van der Waals surface area contributed by atoms with Crippen LogP contribution in [0.15, 0.2) is 28.2 Å². The Hall–Kier alpha value is -1.15. The van der Waals surface area contributed by atoms with Crippen molar-refractivity contribution in [1.29, 1.82) is 0 Å². The standard InChI is InChI=1S/C10H7BrF3N3S/c11-8-16-17-9(18-8)15-5-6-3-1-2-4-7(6)10(12,13)14/h1-4H,5H2,(H,15,17). The van der Waals surface area contributed by atoms with Gasteiger partial charge in [-0.25, -0.2) is 0 Å². The zero-order valence-corrected chi connectivity index (χ0v) is 11.2. The van der Waals surface area contributed by atoms with Gasteiger partial charge in [-0.1, -0.05) is 29.5 Å². The van der Waals surface area contributed by atoms with Crippen LogP contribution in [0.3, 0.4) is 0 Å². The predicted molar refractivity (Wildman–Crippen MR) is 66.4 cm³/mol. The summed E-state index contributed by atoms with van der Waals surface area (Å²) in [6, 6.07) is 5.44. The minimum atomic E-state index is -4.35. The molecule has 0 saturated heterocycles. The van der Waals surface area contributed by atoms with Crippen LogP contribution in [-0.2, 0) is 12.7 Å². The summed E-state index contributed by atoms with van der Waals surface area (Å²) in [7, 11) is 0. The van der Waals surface area contributed by atoms with E-state index < -0.39 is 11.7 Å². The van der Waals surface area contributed by atoms with Gasteiger partial charge in [0.25, 0.3) is 0 Å². The first kappa shape index (κ1) is 13.3. The molecule has 0 aliphatic rings. The van der Waals surface area contributed by atoms with E-state index in [4.69, 9.17) is 0 Å². The summed E-state index contributed by atoms with van der Waals surface area (Å²) < 4.78 is 38.7. The van der Waals surface area contributed by atoms with Crippen molar-refractivity contribution in [2.24, 2.45) is 0 Å². The van der Waals surface area contributed by atoms with E-state index in [0.29, 0.717) is 9.05 Å². The van der Waals surface area contributed by atoms with Gasteiger partial charge in [-0.15, -0.1) is 10.2 Å². The molecule has 8 heteroatoms. The lowest BCUT2D eigenvalue weighted by Gasteiger charge is -2.12. The Morgan fingerprint density at radius 2 is 1.94 bits per heavy atom. The van der Waals surface area contributed by atoms with Gasteiger partial charge in [0, 0.05) is 6.54 Å². The quantitative estimate of drug-likeness (QED) is 0.921. The Bertz CT molecular complexity index is 541. The lowest BCUT2D eigenvalue weighted by molar-refractivity contribution is -0.138. The van der Waals surface area contributed by atoms with Crippen LogP contribution in [0.1, 0.15) is 11.1 Å². The number of hydrogen-bond acceptors (Lipinski definition) is 4. The van der Waals surface area contributed by atoms with Crippen molar-refractivity contribution in [2.75, 3.05) is 5.32 Å². The number of aromatic nitrogens is 2. The Balaban J connectivity index is 2.14. The molecule has 96 valence electrons. The van der Waals surface area contributed by atoms with E-state index in [1.807, 2.05) is 0 Å². The van der Waals surface area contributed by atoms with E-state index in [1.165, 1.54) is 23.5 Å². The summed E-state index contributed by atoms with van der Waals surface area (Å²) in [5, 5.41) is 10.7. The van der Waals surface area contributed by atoms with E-state index in [0.717, 1.165) is 6.07 Å². The molecule has 0 radical (unpaired) electrons. The van der Waals surface area contributed by atoms with Crippen LogP contribution in [0.4, 0.5) is 18.3 Å². The largest absolute Gasteiger partial charge is 0.416 e. The Labute approximate surface area is 113 Å². The molecule has 0 bridgehead atoms. The molecule has 0 fully saturated rings. The number of nitrogens with zero attached hydrogens (tertiary/aromatic N) is 2. The highest BCUT2D eigenvalue weighted by molar-refractivity contribution is 9.11. The number of anilines is 1. The summed E-state index contributed by atoms with van der Waals surface area (Å²) in [6.07, 6.45) is -4.35. The van der Waals surface area contributed by atoms with Crippen LogP contribution in [0, 0.1) is 0 Å². The summed E-state index contributed by atoms with van der Waals surface area (Å²) in [6.45, 7) is 0.0529. The van der Waals surface area contributed by atoms with Crippen molar-refractivity contribution < 1.29 is 13.2 Å². The van der Waals surface area contributed by atoms with E-state index in [9.17, 15) is 13.2 Å². The van der Waals surface area contributed by atoms with Gasteiger partial charge < -0.3 is 5.32 Å². The van der Waals surface area contributed by atoms with Crippen LogP contribution in [0.5, 0.6) is 0 Å². The van der Waals surface area contributed by atoms with Crippen molar-refractivity contribution in [2.45, 2.75) is 12.7 Å². The van der Waals surface area contributed by atoms with Crippen LogP contribution in [0.25, 0.3) is 0 Å². The van der Waals surface area contributed by atoms with Gasteiger partial charge in [0.2, 0.25) is 5.13 Å². The molecule has 0 aliphatic heterocycles. The Morgan fingerprint density at radius 3 is 2.56 bits per heavy atom. The van der Waals surface area contributed by atoms with Gasteiger partial charge >= 0.3 is 6.18 Å². The zero-order chi connectivity index (χ0) is 13.2. The fraction of sp³-hybridized carbons (Fsp3) is 0.200. The normalized spacial score (nSPS) is 11.6. The fourth-order valence-electron chi connectivity index (χ4n) is 1.40. The molecule has 2 aromatic rings. The number of alkyl halides is 3. The maximum atomic E-state index is 12.7. The van der Waals surface area contributed by atoms with E-state index in [2.05, 4.69) is 31.4 Å². The molecule has 0 spiro atoms. The summed E-state index contributed by atoms with van der Waals surface area (Å²) in [4.78, 5) is 0. The van der Waals surface area contributed by atoms with Crippen LogP contribution < -0.4 is 5.32 Å². The first-order valence-corrected chi connectivity index (χ1v) is 6.46. The summed E-state index contributed by atoms with van der Waals surface area (Å²) in [5.74, 6) is 0. The van der Waals surface area contributed by atoms with Crippen molar-refractivity contribution in [3.05, 3.63) is 39.3 Å². The molecule has 1 heterocycles. The molecule has 0 amide bonds. The molecule has 0 unspecified atom stereocenters. The molecule has 1 N–H and O–H groups in total. The predicted octanol–water partition coefficient (Wildman–Crippen LogP) is 3.93. The second-order valence-electron chi connectivity index (χ2n) is 3.37. The summed E-state index contributed by atoms with van der Waals surface area (Å²) in [5.41, 5.74) is -0.461. The van der Waals surface area contributed by atoms with Crippen LogP contribution >= 0.6 is 27.3 Å². The minimum Gasteiger partial charge on any atom is -0.356 e. The van der Waals surface area contributed by atoms with Gasteiger partial charge in [-0.2, -0.15) is 13.2 Å². The molecule has 0 aliphatic carbocycles. The topological polar surface area (TPSA) is 37.8 Å². The third kappa shape index (κ3) is 3.20. The highest BCUT2D eigenvalue weighted by Gasteiger charge is 2.32. The van der Waals surface area contributed by atoms with Gasteiger partial charge in [-0.3, -0.25) is 0 Å². The number of benzene rings is 1. The van der Waals surface area contributed by atoms with Crippen molar-refractivity contribution in [3.8, 4) is 0 Å². The average Bonchev–Trinajstić information content (AvgIpc) is 2.72. The van der Waals surface area contributed by atoms with Gasteiger partial charge in [0.05, 0.1) is 5.56 Å². The number of halogens is 4. The molecule has 0 saturated carbocycles.